The summed E-state index contributed by atoms with van der Waals surface area (Å²) in [6, 6.07) is 0.289. The molecular formula is C19H21F3N4O2. The Hall–Kier alpha value is -2.58. The molecule has 2 N–H and O–H groups in total. The highest BCUT2D eigenvalue weighted by molar-refractivity contribution is 5.89. The number of imidazole rings is 1. The van der Waals surface area contributed by atoms with E-state index in [1.807, 2.05) is 0 Å². The van der Waals surface area contributed by atoms with Crippen molar-refractivity contribution < 1.29 is 18.0 Å². The second-order valence-corrected chi connectivity index (χ2v) is 7.70. The van der Waals surface area contributed by atoms with Crippen molar-refractivity contribution in [3.05, 3.63) is 46.8 Å². The summed E-state index contributed by atoms with van der Waals surface area (Å²) in [7, 11) is 0. The highest BCUT2D eigenvalue weighted by Gasteiger charge is 2.44. The molecule has 150 valence electrons. The Balaban J connectivity index is 1.49. The number of rotatable bonds is 7. The summed E-state index contributed by atoms with van der Waals surface area (Å²) in [5.74, 6) is 1.41. The second-order valence-electron chi connectivity index (χ2n) is 7.70. The standard InChI is InChI=1S/C19H21F3N4O2/c20-19(21,22)17(13-2-1-7-23-18(13)28)26-9-15(24-10-26)25-16(27)8-14(11-3-4-11)12-5-6-12/h1-2,7,9-12,14,17H,3-6,8H2,(H,23,28)(H,25,27). The average molecular weight is 394 g/mol. The van der Waals surface area contributed by atoms with Gasteiger partial charge in [-0.05, 0) is 55.6 Å². The van der Waals surface area contributed by atoms with Crippen LogP contribution in [0.3, 0.4) is 0 Å². The summed E-state index contributed by atoms with van der Waals surface area (Å²) in [4.78, 5) is 30.4. The molecule has 0 saturated heterocycles. The third kappa shape index (κ3) is 4.13. The first-order valence-electron chi connectivity index (χ1n) is 9.40. The third-order valence-electron chi connectivity index (χ3n) is 5.50. The van der Waals surface area contributed by atoms with E-state index in [1.165, 1.54) is 12.3 Å². The molecule has 9 heteroatoms. The van der Waals surface area contributed by atoms with E-state index in [-0.39, 0.29) is 11.7 Å². The van der Waals surface area contributed by atoms with Crippen LogP contribution in [0, 0.1) is 17.8 Å². The van der Waals surface area contributed by atoms with Crippen molar-refractivity contribution in [3.63, 3.8) is 0 Å². The van der Waals surface area contributed by atoms with E-state index < -0.39 is 23.3 Å². The summed E-state index contributed by atoms with van der Waals surface area (Å²) in [6.07, 6.45) is 3.68. The first-order chi connectivity index (χ1) is 13.3. The third-order valence-corrected chi connectivity index (χ3v) is 5.50. The highest BCUT2D eigenvalue weighted by atomic mass is 19.4. The molecule has 2 aromatic rings. The number of hydrogen-bond acceptors (Lipinski definition) is 3. The fourth-order valence-corrected chi connectivity index (χ4v) is 3.87. The lowest BCUT2D eigenvalue weighted by molar-refractivity contribution is -0.157. The molecule has 1 amide bonds. The minimum atomic E-state index is -4.70. The van der Waals surface area contributed by atoms with Gasteiger partial charge in [-0.15, -0.1) is 0 Å². The van der Waals surface area contributed by atoms with Gasteiger partial charge in [0.1, 0.15) is 0 Å². The fourth-order valence-electron chi connectivity index (χ4n) is 3.87. The Morgan fingerprint density at radius 2 is 1.96 bits per heavy atom. The van der Waals surface area contributed by atoms with Gasteiger partial charge in [0, 0.05) is 24.4 Å². The number of amides is 1. The van der Waals surface area contributed by atoms with Crippen molar-refractivity contribution in [2.75, 3.05) is 5.32 Å². The van der Waals surface area contributed by atoms with Gasteiger partial charge in [0.25, 0.3) is 5.56 Å². The summed E-state index contributed by atoms with van der Waals surface area (Å²) in [6.45, 7) is 0. The summed E-state index contributed by atoms with van der Waals surface area (Å²) in [5.41, 5.74) is -1.26. The molecule has 0 aromatic carbocycles. The summed E-state index contributed by atoms with van der Waals surface area (Å²) < 4.78 is 41.7. The minimum Gasteiger partial charge on any atom is -0.329 e. The van der Waals surface area contributed by atoms with E-state index in [2.05, 4.69) is 15.3 Å². The number of anilines is 1. The summed E-state index contributed by atoms with van der Waals surface area (Å²) >= 11 is 0. The molecule has 28 heavy (non-hydrogen) atoms. The second kappa shape index (κ2) is 7.10. The molecule has 0 aliphatic heterocycles. The van der Waals surface area contributed by atoms with Crippen LogP contribution in [0.2, 0.25) is 0 Å². The van der Waals surface area contributed by atoms with Crippen LogP contribution in [-0.4, -0.2) is 26.6 Å². The van der Waals surface area contributed by atoms with Crippen molar-refractivity contribution in [1.29, 1.82) is 0 Å². The van der Waals surface area contributed by atoms with E-state index in [4.69, 9.17) is 0 Å². The van der Waals surface area contributed by atoms with Crippen molar-refractivity contribution >= 4 is 11.7 Å². The number of alkyl halides is 3. The van der Waals surface area contributed by atoms with Gasteiger partial charge >= 0.3 is 6.18 Å². The Kier molecular flexibility index (Phi) is 4.76. The van der Waals surface area contributed by atoms with Gasteiger partial charge in [0.2, 0.25) is 5.91 Å². The van der Waals surface area contributed by atoms with Crippen LogP contribution >= 0.6 is 0 Å². The zero-order valence-electron chi connectivity index (χ0n) is 15.1. The number of H-pyrrole nitrogens is 1. The summed E-state index contributed by atoms with van der Waals surface area (Å²) in [5, 5.41) is 2.61. The number of aromatic nitrogens is 3. The Morgan fingerprint density at radius 1 is 1.29 bits per heavy atom. The molecule has 1 atom stereocenters. The normalized spacial score (nSPS) is 18.3. The lowest BCUT2D eigenvalue weighted by Gasteiger charge is -2.21. The van der Waals surface area contributed by atoms with Gasteiger partial charge in [-0.25, -0.2) is 4.98 Å². The van der Waals surface area contributed by atoms with Crippen LogP contribution in [0.25, 0.3) is 0 Å². The maximum atomic E-state index is 13.6. The average Bonchev–Trinajstić information content (AvgIpc) is 3.53. The van der Waals surface area contributed by atoms with Crippen molar-refractivity contribution in [3.8, 4) is 0 Å². The monoisotopic (exact) mass is 394 g/mol. The van der Waals surface area contributed by atoms with Crippen LogP contribution in [0.1, 0.15) is 43.7 Å². The number of halogens is 3. The minimum absolute atomic E-state index is 0.0527. The topological polar surface area (TPSA) is 79.8 Å². The molecule has 2 aliphatic carbocycles. The van der Waals surface area contributed by atoms with Gasteiger partial charge in [-0.3, -0.25) is 9.59 Å². The zero-order chi connectivity index (χ0) is 19.9. The number of aromatic amines is 1. The lowest BCUT2D eigenvalue weighted by Crippen LogP contribution is -2.31. The molecule has 2 heterocycles. The number of hydrogen-bond donors (Lipinski definition) is 2. The largest absolute Gasteiger partial charge is 0.413 e. The van der Waals surface area contributed by atoms with Crippen LogP contribution in [0.15, 0.2) is 35.6 Å². The number of pyridine rings is 1. The van der Waals surface area contributed by atoms with Crippen LogP contribution < -0.4 is 10.9 Å². The van der Waals surface area contributed by atoms with E-state index in [1.54, 1.807) is 0 Å². The predicted octanol–water partition coefficient (Wildman–Crippen LogP) is 3.49. The molecule has 6 nitrogen and oxygen atoms in total. The predicted molar refractivity (Wildman–Crippen MR) is 95.7 cm³/mol. The smallest absolute Gasteiger partial charge is 0.329 e. The number of nitrogens with zero attached hydrogens (tertiary/aromatic N) is 2. The molecule has 2 saturated carbocycles. The maximum Gasteiger partial charge on any atom is 0.413 e. The first kappa shape index (κ1) is 18.8. The number of nitrogens with one attached hydrogen (secondary N) is 2. The van der Waals surface area contributed by atoms with Gasteiger partial charge in [-0.1, -0.05) is 0 Å². The van der Waals surface area contributed by atoms with Gasteiger partial charge in [0.15, 0.2) is 11.9 Å². The van der Waals surface area contributed by atoms with Crippen LogP contribution in [0.5, 0.6) is 0 Å². The van der Waals surface area contributed by atoms with E-state index in [9.17, 15) is 22.8 Å². The van der Waals surface area contributed by atoms with Crippen molar-refractivity contribution in [2.24, 2.45) is 17.8 Å². The fraction of sp³-hybridized carbons (Fsp3) is 0.526. The van der Waals surface area contributed by atoms with Crippen molar-refractivity contribution in [1.82, 2.24) is 14.5 Å². The van der Waals surface area contributed by atoms with E-state index >= 15 is 0 Å². The Morgan fingerprint density at radius 3 is 2.54 bits per heavy atom. The number of carbonyl (C=O) groups is 1. The molecule has 2 fully saturated rings. The van der Waals surface area contributed by atoms with E-state index in [0.717, 1.165) is 48.8 Å². The van der Waals surface area contributed by atoms with Crippen molar-refractivity contribution in [2.45, 2.75) is 44.3 Å². The highest BCUT2D eigenvalue weighted by Crippen LogP contribution is 2.50. The Bertz CT molecular complexity index is 900. The van der Waals surface area contributed by atoms with Gasteiger partial charge in [-0.2, -0.15) is 13.2 Å². The molecule has 2 aromatic heterocycles. The molecule has 2 aliphatic rings. The molecule has 0 spiro atoms. The zero-order valence-corrected chi connectivity index (χ0v) is 15.1. The molecule has 0 bridgehead atoms. The van der Waals surface area contributed by atoms with Gasteiger partial charge in [0.05, 0.1) is 6.33 Å². The molecule has 4 rings (SSSR count). The quantitative estimate of drug-likeness (QED) is 0.755. The Labute approximate surface area is 159 Å². The number of carbonyl (C=O) groups excluding carboxylic acids is 1. The first-order valence-corrected chi connectivity index (χ1v) is 9.40. The SMILES string of the molecule is O=C(CC(C1CC1)C1CC1)Nc1cn(C(c2ccc[nH]c2=O)C(F)(F)F)cn1. The molecule has 1 unspecified atom stereocenters. The molecular weight excluding hydrogens is 373 g/mol. The molecule has 0 radical (unpaired) electrons. The van der Waals surface area contributed by atoms with Crippen LogP contribution in [0.4, 0.5) is 19.0 Å². The van der Waals surface area contributed by atoms with E-state index in [0.29, 0.717) is 24.2 Å². The maximum absolute atomic E-state index is 13.6. The lowest BCUT2D eigenvalue weighted by atomic mass is 9.94. The van der Waals surface area contributed by atoms with Crippen LogP contribution in [-0.2, 0) is 4.79 Å². The van der Waals surface area contributed by atoms with Gasteiger partial charge < -0.3 is 14.9 Å².